The third-order valence-electron chi connectivity index (χ3n) is 2.66. The Bertz CT molecular complexity index is 512. The number of aromatic nitrogens is 2. The van der Waals surface area contributed by atoms with Gasteiger partial charge < -0.3 is 16.4 Å². The minimum Gasteiger partial charge on any atom is -0.370 e. The van der Waals surface area contributed by atoms with Gasteiger partial charge in [0.2, 0.25) is 5.95 Å². The number of nitrogens with one attached hydrogen (secondary N) is 2. The van der Waals surface area contributed by atoms with Crippen LogP contribution >= 0.6 is 0 Å². The summed E-state index contributed by atoms with van der Waals surface area (Å²) in [5.41, 5.74) is 6.97. The van der Waals surface area contributed by atoms with Crippen LogP contribution in [0.3, 0.4) is 0 Å². The molecule has 5 heteroatoms. The highest BCUT2D eigenvalue weighted by Gasteiger charge is 2.01. The van der Waals surface area contributed by atoms with Gasteiger partial charge in [-0.05, 0) is 18.9 Å². The lowest BCUT2D eigenvalue weighted by molar-refractivity contribution is 1.00. The highest BCUT2D eigenvalue weighted by Crippen LogP contribution is 2.12. The second-order valence-electron chi connectivity index (χ2n) is 4.19. The maximum atomic E-state index is 5.67. The van der Waals surface area contributed by atoms with Crippen molar-refractivity contribution >= 4 is 17.6 Å². The Morgan fingerprint density at radius 3 is 2.42 bits per heavy atom. The molecule has 1 aromatic heterocycles. The first-order valence-corrected chi connectivity index (χ1v) is 6.44. The number of benzene rings is 1. The molecular weight excluding hydrogens is 238 g/mol. The smallest absolute Gasteiger partial charge is 0.223 e. The molecule has 0 radical (unpaired) electrons. The van der Waals surface area contributed by atoms with E-state index >= 15 is 0 Å². The van der Waals surface area contributed by atoms with E-state index in [1.165, 1.54) is 5.56 Å². The van der Waals surface area contributed by atoms with E-state index in [9.17, 15) is 0 Å². The normalized spacial score (nSPS) is 10.2. The zero-order chi connectivity index (χ0) is 13.5. The van der Waals surface area contributed by atoms with Crippen molar-refractivity contribution < 1.29 is 0 Å². The summed E-state index contributed by atoms with van der Waals surface area (Å²) in [6, 6.07) is 12.2. The van der Waals surface area contributed by atoms with Gasteiger partial charge in [0, 0.05) is 19.2 Å². The van der Waals surface area contributed by atoms with E-state index in [2.05, 4.69) is 32.7 Å². The minimum absolute atomic E-state index is 0.278. The van der Waals surface area contributed by atoms with E-state index in [1.54, 1.807) is 0 Å². The maximum Gasteiger partial charge on any atom is 0.223 e. The molecule has 0 saturated carbocycles. The monoisotopic (exact) mass is 257 g/mol. The van der Waals surface area contributed by atoms with Crippen LogP contribution in [0, 0.1) is 0 Å². The molecule has 0 spiro atoms. The molecule has 0 fully saturated rings. The average molecular weight is 257 g/mol. The molecule has 19 heavy (non-hydrogen) atoms. The molecule has 0 aliphatic carbocycles. The number of anilines is 3. The Hall–Kier alpha value is -2.30. The van der Waals surface area contributed by atoms with Gasteiger partial charge in [0.05, 0.1) is 0 Å². The first-order chi connectivity index (χ1) is 9.28. The fraction of sp³-hybridized carbons (Fsp3) is 0.286. The number of hydrogen-bond donors (Lipinski definition) is 3. The Morgan fingerprint density at radius 2 is 1.74 bits per heavy atom. The molecule has 0 saturated heterocycles. The van der Waals surface area contributed by atoms with Gasteiger partial charge in [0.1, 0.15) is 11.6 Å². The van der Waals surface area contributed by atoms with Crippen molar-refractivity contribution in [2.45, 2.75) is 13.3 Å². The summed E-state index contributed by atoms with van der Waals surface area (Å²) in [6.07, 6.45) is 0.946. The highest BCUT2D eigenvalue weighted by atomic mass is 15.1. The number of hydrogen-bond acceptors (Lipinski definition) is 5. The van der Waals surface area contributed by atoms with Gasteiger partial charge in [0.15, 0.2) is 0 Å². The third kappa shape index (κ3) is 4.13. The minimum atomic E-state index is 0.278. The molecule has 0 unspecified atom stereocenters. The van der Waals surface area contributed by atoms with Crippen LogP contribution in [0.4, 0.5) is 17.6 Å². The van der Waals surface area contributed by atoms with Crippen molar-refractivity contribution in [3.05, 3.63) is 42.0 Å². The van der Waals surface area contributed by atoms with Crippen molar-refractivity contribution in [3.63, 3.8) is 0 Å². The van der Waals surface area contributed by atoms with Gasteiger partial charge in [-0.2, -0.15) is 9.97 Å². The van der Waals surface area contributed by atoms with Crippen LogP contribution in [0.2, 0.25) is 0 Å². The van der Waals surface area contributed by atoms with E-state index in [4.69, 9.17) is 5.73 Å². The SMILES string of the molecule is CCNc1cc(NCCc2ccccc2)nc(N)n1. The molecular formula is C14H19N5. The molecule has 0 amide bonds. The first-order valence-electron chi connectivity index (χ1n) is 6.44. The topological polar surface area (TPSA) is 75.9 Å². The Balaban J connectivity index is 1.92. The van der Waals surface area contributed by atoms with Crippen LogP contribution in [-0.2, 0) is 6.42 Å². The van der Waals surface area contributed by atoms with E-state index in [1.807, 2.05) is 31.2 Å². The third-order valence-corrected chi connectivity index (χ3v) is 2.66. The molecule has 0 bridgehead atoms. The van der Waals surface area contributed by atoms with Gasteiger partial charge in [-0.3, -0.25) is 0 Å². The van der Waals surface area contributed by atoms with Crippen LogP contribution in [0.1, 0.15) is 12.5 Å². The number of nitrogen functional groups attached to an aromatic ring is 1. The van der Waals surface area contributed by atoms with Gasteiger partial charge in [-0.15, -0.1) is 0 Å². The standard InChI is InChI=1S/C14H19N5/c1-2-16-12-10-13(19-14(15)18-12)17-9-8-11-6-4-3-5-7-11/h3-7,10H,2,8-9H2,1H3,(H4,15,16,17,18,19). The largest absolute Gasteiger partial charge is 0.370 e. The van der Waals surface area contributed by atoms with Crippen LogP contribution < -0.4 is 16.4 Å². The quantitative estimate of drug-likeness (QED) is 0.739. The lowest BCUT2D eigenvalue weighted by Crippen LogP contribution is -2.10. The second-order valence-corrected chi connectivity index (χ2v) is 4.19. The van der Waals surface area contributed by atoms with Gasteiger partial charge in [-0.25, -0.2) is 0 Å². The van der Waals surface area contributed by atoms with Crippen molar-refractivity contribution in [2.75, 3.05) is 29.5 Å². The Morgan fingerprint density at radius 1 is 1.05 bits per heavy atom. The number of nitrogens with two attached hydrogens (primary N) is 1. The second kappa shape index (κ2) is 6.58. The van der Waals surface area contributed by atoms with Crippen LogP contribution in [0.15, 0.2) is 36.4 Å². The summed E-state index contributed by atoms with van der Waals surface area (Å²) >= 11 is 0. The molecule has 2 aromatic rings. The van der Waals surface area contributed by atoms with Gasteiger partial charge in [-0.1, -0.05) is 30.3 Å². The van der Waals surface area contributed by atoms with Crippen LogP contribution in [-0.4, -0.2) is 23.1 Å². The molecule has 5 nitrogen and oxygen atoms in total. The fourth-order valence-corrected chi connectivity index (χ4v) is 1.81. The first kappa shape index (κ1) is 13.1. The molecule has 2 rings (SSSR count). The lowest BCUT2D eigenvalue weighted by Gasteiger charge is -2.09. The molecule has 1 aromatic carbocycles. The number of nitrogens with zero attached hydrogens (tertiary/aromatic N) is 2. The summed E-state index contributed by atoms with van der Waals surface area (Å²) in [5, 5.41) is 6.39. The zero-order valence-corrected chi connectivity index (χ0v) is 11.1. The summed E-state index contributed by atoms with van der Waals surface area (Å²) in [4.78, 5) is 8.27. The van der Waals surface area contributed by atoms with E-state index in [0.29, 0.717) is 0 Å². The van der Waals surface area contributed by atoms with Gasteiger partial charge in [0.25, 0.3) is 0 Å². The summed E-state index contributed by atoms with van der Waals surface area (Å²) in [7, 11) is 0. The van der Waals surface area contributed by atoms with Crippen LogP contribution in [0.25, 0.3) is 0 Å². The summed E-state index contributed by atoms with van der Waals surface area (Å²) < 4.78 is 0. The molecule has 0 atom stereocenters. The number of rotatable bonds is 6. The maximum absolute atomic E-state index is 5.67. The average Bonchev–Trinajstić information content (AvgIpc) is 2.40. The van der Waals surface area contributed by atoms with Crippen molar-refractivity contribution in [3.8, 4) is 0 Å². The van der Waals surface area contributed by atoms with E-state index in [0.717, 1.165) is 31.1 Å². The molecule has 100 valence electrons. The lowest BCUT2D eigenvalue weighted by atomic mass is 10.1. The Kier molecular flexibility index (Phi) is 4.55. The van der Waals surface area contributed by atoms with Gasteiger partial charge >= 0.3 is 0 Å². The van der Waals surface area contributed by atoms with E-state index in [-0.39, 0.29) is 5.95 Å². The zero-order valence-electron chi connectivity index (χ0n) is 11.1. The predicted octanol–water partition coefficient (Wildman–Crippen LogP) is 2.15. The predicted molar refractivity (Wildman–Crippen MR) is 79.2 cm³/mol. The van der Waals surface area contributed by atoms with Crippen molar-refractivity contribution in [1.82, 2.24) is 9.97 Å². The highest BCUT2D eigenvalue weighted by molar-refractivity contribution is 5.50. The molecule has 4 N–H and O–H groups in total. The van der Waals surface area contributed by atoms with Crippen molar-refractivity contribution in [2.24, 2.45) is 0 Å². The van der Waals surface area contributed by atoms with Crippen LogP contribution in [0.5, 0.6) is 0 Å². The summed E-state index contributed by atoms with van der Waals surface area (Å²) in [5.74, 6) is 1.78. The van der Waals surface area contributed by atoms with E-state index < -0.39 is 0 Å². The molecule has 1 heterocycles. The molecule has 0 aliphatic rings. The fourth-order valence-electron chi connectivity index (χ4n) is 1.81. The molecule has 0 aliphatic heterocycles. The van der Waals surface area contributed by atoms with Crippen molar-refractivity contribution in [1.29, 1.82) is 0 Å². The Labute approximate surface area is 113 Å². The summed E-state index contributed by atoms with van der Waals surface area (Å²) in [6.45, 7) is 3.63.